The van der Waals surface area contributed by atoms with Gasteiger partial charge in [0.2, 0.25) is 20.9 Å². The van der Waals surface area contributed by atoms with Crippen LogP contribution in [0.15, 0.2) is 58.4 Å². The second-order valence-electron chi connectivity index (χ2n) is 9.18. The average molecular weight is 502 g/mol. The van der Waals surface area contributed by atoms with Crippen molar-refractivity contribution >= 4 is 15.7 Å². The smallest absolute Gasteiger partial charge is 0.228 e. The van der Waals surface area contributed by atoms with Crippen molar-refractivity contribution in [1.82, 2.24) is 14.5 Å². The van der Waals surface area contributed by atoms with Gasteiger partial charge in [-0.1, -0.05) is 18.2 Å². The summed E-state index contributed by atoms with van der Waals surface area (Å²) < 4.78 is 53.8. The van der Waals surface area contributed by atoms with E-state index in [4.69, 9.17) is 9.15 Å². The zero-order valence-electron chi connectivity index (χ0n) is 19.3. The Balaban J connectivity index is 1.46. The summed E-state index contributed by atoms with van der Waals surface area (Å²) in [4.78, 5) is 19.0. The van der Waals surface area contributed by atoms with Gasteiger partial charge in [-0.15, -0.1) is 0 Å². The molecule has 186 valence electrons. The molecule has 1 amide bonds. The Labute approximate surface area is 203 Å². The zero-order valence-corrected chi connectivity index (χ0v) is 20.1. The second-order valence-corrected chi connectivity index (χ2v) is 11.1. The lowest BCUT2D eigenvalue weighted by molar-refractivity contribution is -0.134. The van der Waals surface area contributed by atoms with E-state index in [1.807, 2.05) is 0 Å². The van der Waals surface area contributed by atoms with E-state index in [9.17, 15) is 17.6 Å². The van der Waals surface area contributed by atoms with E-state index < -0.39 is 21.4 Å². The van der Waals surface area contributed by atoms with Crippen LogP contribution in [0, 0.1) is 11.7 Å². The summed E-state index contributed by atoms with van der Waals surface area (Å²) in [5, 5.41) is -0.136. The van der Waals surface area contributed by atoms with E-state index in [2.05, 4.69) is 4.98 Å². The Hall–Kier alpha value is -2.98. The minimum absolute atomic E-state index is 0.0104. The number of hydrogen-bond acceptors (Lipinski definition) is 6. The van der Waals surface area contributed by atoms with Crippen molar-refractivity contribution in [2.24, 2.45) is 5.92 Å². The average Bonchev–Trinajstić information content (AvgIpc) is 3.18. The number of nitrogens with zero attached hydrogens (tertiary/aromatic N) is 3. The molecule has 1 aliphatic heterocycles. The van der Waals surface area contributed by atoms with Crippen LogP contribution in [0.3, 0.4) is 0 Å². The fraction of sp³-hybridized carbons (Fsp3) is 0.440. The van der Waals surface area contributed by atoms with Crippen LogP contribution in [-0.2, 0) is 44.8 Å². The Morgan fingerprint density at radius 3 is 2.66 bits per heavy atom. The number of ether oxygens (including phenoxy) is 1. The lowest BCUT2D eigenvalue weighted by Crippen LogP contribution is -2.33. The first-order valence-corrected chi connectivity index (χ1v) is 13.5. The number of benzene rings is 1. The Morgan fingerprint density at radius 1 is 1.14 bits per heavy atom. The normalized spacial score (nSPS) is 18.1. The van der Waals surface area contributed by atoms with Crippen molar-refractivity contribution < 1.29 is 26.8 Å². The summed E-state index contributed by atoms with van der Waals surface area (Å²) in [5.41, 5.74) is 0.678. The second kappa shape index (κ2) is 9.94. The van der Waals surface area contributed by atoms with Crippen molar-refractivity contribution in [3.05, 3.63) is 71.7 Å². The highest BCUT2D eigenvalue weighted by Gasteiger charge is 2.35. The Kier molecular flexibility index (Phi) is 6.75. The first-order chi connectivity index (χ1) is 16.9. The molecule has 1 aliphatic carbocycles. The highest BCUT2D eigenvalue weighted by Crippen LogP contribution is 2.32. The SMILES string of the molecule is O=C(C1CC1)N(Cc1ccco1)Cc1cnc(S(=O)(=O)Cc2ccccc2F)n1C[C@H]1CCCO1. The van der Waals surface area contributed by atoms with E-state index in [1.165, 1.54) is 24.4 Å². The molecule has 10 heteroatoms. The topological polar surface area (TPSA) is 94.6 Å². The maximum atomic E-state index is 14.2. The quantitative estimate of drug-likeness (QED) is 0.420. The van der Waals surface area contributed by atoms with Crippen LogP contribution in [0.1, 0.15) is 42.7 Å². The number of rotatable bonds is 10. The molecule has 2 aromatic heterocycles. The van der Waals surface area contributed by atoms with Crippen molar-refractivity contribution in [1.29, 1.82) is 0 Å². The van der Waals surface area contributed by atoms with E-state index in [-0.39, 0.29) is 41.7 Å². The summed E-state index contributed by atoms with van der Waals surface area (Å²) in [6.45, 7) is 1.39. The maximum Gasteiger partial charge on any atom is 0.228 e. The molecule has 0 spiro atoms. The maximum absolute atomic E-state index is 14.2. The third kappa shape index (κ3) is 5.48. The van der Waals surface area contributed by atoms with Gasteiger partial charge in [-0.2, -0.15) is 0 Å². The van der Waals surface area contributed by atoms with Gasteiger partial charge in [-0.25, -0.2) is 17.8 Å². The van der Waals surface area contributed by atoms with Gasteiger partial charge in [0.15, 0.2) is 0 Å². The monoisotopic (exact) mass is 501 g/mol. The molecule has 1 aromatic carbocycles. The lowest BCUT2D eigenvalue weighted by atomic mass is 10.2. The highest BCUT2D eigenvalue weighted by molar-refractivity contribution is 7.90. The van der Waals surface area contributed by atoms with Gasteiger partial charge < -0.3 is 18.6 Å². The molecule has 3 aromatic rings. The highest BCUT2D eigenvalue weighted by atomic mass is 32.2. The number of carbonyl (C=O) groups excluding carboxylic acids is 1. The van der Waals surface area contributed by atoms with Gasteiger partial charge in [-0.3, -0.25) is 4.79 Å². The molecule has 0 unspecified atom stereocenters. The minimum atomic E-state index is -3.96. The molecule has 0 bridgehead atoms. The van der Waals surface area contributed by atoms with Gasteiger partial charge in [0, 0.05) is 18.1 Å². The first kappa shape index (κ1) is 23.7. The molecule has 2 aliphatic rings. The first-order valence-electron chi connectivity index (χ1n) is 11.8. The molecular formula is C25H28FN3O5S. The van der Waals surface area contributed by atoms with E-state index in [1.54, 1.807) is 33.9 Å². The van der Waals surface area contributed by atoms with Crippen LogP contribution in [0.2, 0.25) is 0 Å². The van der Waals surface area contributed by atoms with Crippen molar-refractivity contribution in [3.8, 4) is 0 Å². The molecule has 0 N–H and O–H groups in total. The van der Waals surface area contributed by atoms with Gasteiger partial charge in [0.1, 0.15) is 11.6 Å². The van der Waals surface area contributed by atoms with E-state index in [0.29, 0.717) is 24.6 Å². The molecule has 5 rings (SSSR count). The molecule has 3 heterocycles. The molecule has 1 saturated carbocycles. The largest absolute Gasteiger partial charge is 0.467 e. The molecule has 0 radical (unpaired) electrons. The van der Waals surface area contributed by atoms with Crippen molar-refractivity contribution in [2.45, 2.75) is 62.3 Å². The lowest BCUT2D eigenvalue weighted by Gasteiger charge is -2.23. The minimum Gasteiger partial charge on any atom is -0.467 e. The van der Waals surface area contributed by atoms with E-state index in [0.717, 1.165) is 25.7 Å². The number of halogens is 1. The van der Waals surface area contributed by atoms with Crippen molar-refractivity contribution in [3.63, 3.8) is 0 Å². The van der Waals surface area contributed by atoms with Crippen LogP contribution in [0.5, 0.6) is 0 Å². The standard InChI is InChI=1S/C25H28FN3O5S/c26-23-8-2-1-5-19(23)17-35(31,32)25-27-13-20(29(25)16-22-7-4-12-34-22)14-28(24(30)18-9-10-18)15-21-6-3-11-33-21/h1-3,5-6,8,11,13,18,22H,4,7,9-10,12,14-17H2/t22-/m1/s1. The Bertz CT molecular complexity index is 1280. The summed E-state index contributed by atoms with van der Waals surface area (Å²) in [7, 11) is -3.96. The van der Waals surface area contributed by atoms with E-state index >= 15 is 0 Å². The fourth-order valence-electron chi connectivity index (χ4n) is 4.42. The third-order valence-electron chi connectivity index (χ3n) is 6.41. The zero-order chi connectivity index (χ0) is 24.4. The molecule has 35 heavy (non-hydrogen) atoms. The van der Waals surface area contributed by atoms with Gasteiger partial charge in [0.25, 0.3) is 0 Å². The van der Waals surface area contributed by atoms with Crippen LogP contribution in [0.4, 0.5) is 4.39 Å². The molecule has 2 fully saturated rings. The summed E-state index contributed by atoms with van der Waals surface area (Å²) >= 11 is 0. The number of furan rings is 1. The third-order valence-corrected chi connectivity index (χ3v) is 7.98. The van der Waals surface area contributed by atoms with Crippen LogP contribution >= 0.6 is 0 Å². The number of hydrogen-bond donors (Lipinski definition) is 0. The Morgan fingerprint density at radius 2 is 1.97 bits per heavy atom. The summed E-state index contributed by atoms with van der Waals surface area (Å²) in [5.74, 6) is -0.422. The number of sulfone groups is 1. The number of carbonyl (C=O) groups is 1. The summed E-state index contributed by atoms with van der Waals surface area (Å²) in [6, 6.07) is 9.40. The van der Waals surface area contributed by atoms with Gasteiger partial charge >= 0.3 is 0 Å². The van der Waals surface area contributed by atoms with Crippen LogP contribution < -0.4 is 0 Å². The molecule has 8 nitrogen and oxygen atoms in total. The predicted octanol–water partition coefficient (Wildman–Crippen LogP) is 3.71. The van der Waals surface area contributed by atoms with Crippen LogP contribution in [0.25, 0.3) is 0 Å². The van der Waals surface area contributed by atoms with Gasteiger partial charge in [0.05, 0.1) is 49.6 Å². The number of amides is 1. The summed E-state index contributed by atoms with van der Waals surface area (Å²) in [6.07, 6.45) is 6.32. The van der Waals surface area contributed by atoms with Crippen molar-refractivity contribution in [2.75, 3.05) is 6.61 Å². The number of aromatic nitrogens is 2. The molecular weight excluding hydrogens is 473 g/mol. The fourth-order valence-corrected chi connectivity index (χ4v) is 5.94. The van der Waals surface area contributed by atoms with Crippen LogP contribution in [-0.4, -0.2) is 41.5 Å². The molecule has 1 saturated heterocycles. The van der Waals surface area contributed by atoms with Gasteiger partial charge in [-0.05, 0) is 43.9 Å². The molecule has 1 atom stereocenters. The predicted molar refractivity (Wildman–Crippen MR) is 124 cm³/mol. The number of imidazole rings is 1.